The Hall–Kier alpha value is -2.28. The number of ether oxygens (including phenoxy) is 1. The zero-order valence-electron chi connectivity index (χ0n) is 15.6. The van der Waals surface area contributed by atoms with Crippen LogP contribution in [-0.4, -0.2) is 15.5 Å². The van der Waals surface area contributed by atoms with Gasteiger partial charge in [0.25, 0.3) is 10.0 Å². The van der Waals surface area contributed by atoms with Crippen molar-refractivity contribution in [3.63, 3.8) is 0 Å². The summed E-state index contributed by atoms with van der Waals surface area (Å²) in [5.74, 6) is -0.0941. The van der Waals surface area contributed by atoms with E-state index in [9.17, 15) is 12.8 Å². The zero-order chi connectivity index (χ0) is 21.2. The quantitative estimate of drug-likeness (QED) is 0.452. The summed E-state index contributed by atoms with van der Waals surface area (Å²) < 4.78 is 47.2. The summed E-state index contributed by atoms with van der Waals surface area (Å²) in [5, 5.41) is 0.115. The van der Waals surface area contributed by atoms with E-state index in [1.807, 2.05) is 0 Å². The highest BCUT2D eigenvalue weighted by atomic mass is 35.5. The van der Waals surface area contributed by atoms with Gasteiger partial charge in [-0.15, -0.1) is 0 Å². The van der Waals surface area contributed by atoms with Crippen LogP contribution < -0.4 is 9.04 Å². The predicted octanol–water partition coefficient (Wildman–Crippen LogP) is 6.10. The third kappa shape index (κ3) is 4.50. The van der Waals surface area contributed by atoms with Crippen molar-refractivity contribution in [2.75, 3.05) is 11.4 Å². The molecule has 0 fully saturated rings. The van der Waals surface area contributed by atoms with Crippen molar-refractivity contribution in [2.24, 2.45) is 0 Å². The van der Waals surface area contributed by atoms with E-state index < -0.39 is 21.9 Å². The van der Waals surface area contributed by atoms with Gasteiger partial charge in [0.2, 0.25) is 0 Å². The molecule has 152 valence electrons. The first kappa shape index (κ1) is 21.4. The largest absolute Gasteiger partial charge is 0.497 e. The molecular formula is C21H18Cl2FNO3S. The predicted molar refractivity (Wildman–Crippen MR) is 114 cm³/mol. The van der Waals surface area contributed by atoms with Crippen LogP contribution in [0.3, 0.4) is 0 Å². The van der Waals surface area contributed by atoms with Crippen molar-refractivity contribution in [2.45, 2.75) is 17.9 Å². The molecule has 0 aliphatic carbocycles. The van der Waals surface area contributed by atoms with Gasteiger partial charge in [0, 0.05) is 5.02 Å². The van der Waals surface area contributed by atoms with E-state index in [-0.39, 0.29) is 9.92 Å². The average Bonchev–Trinajstić information content (AvgIpc) is 2.70. The molecule has 0 aliphatic heterocycles. The number of benzene rings is 3. The van der Waals surface area contributed by atoms with Crippen LogP contribution in [0.2, 0.25) is 10.0 Å². The van der Waals surface area contributed by atoms with Gasteiger partial charge in [-0.1, -0.05) is 41.4 Å². The lowest BCUT2D eigenvalue weighted by Gasteiger charge is -2.31. The molecular weight excluding hydrogens is 436 g/mol. The van der Waals surface area contributed by atoms with E-state index in [4.69, 9.17) is 27.9 Å². The normalized spacial score (nSPS) is 12.4. The van der Waals surface area contributed by atoms with Crippen LogP contribution in [0.5, 0.6) is 5.75 Å². The van der Waals surface area contributed by atoms with E-state index >= 15 is 0 Å². The third-order valence-electron chi connectivity index (χ3n) is 4.44. The number of hydrogen-bond acceptors (Lipinski definition) is 3. The number of hydrogen-bond donors (Lipinski definition) is 0. The first-order valence-electron chi connectivity index (χ1n) is 8.63. The van der Waals surface area contributed by atoms with Crippen LogP contribution >= 0.6 is 23.2 Å². The highest BCUT2D eigenvalue weighted by Gasteiger charge is 2.31. The molecule has 8 heteroatoms. The number of anilines is 1. The fraction of sp³-hybridized carbons (Fsp3) is 0.143. The molecule has 3 rings (SSSR count). The van der Waals surface area contributed by atoms with Crippen LogP contribution in [0.15, 0.2) is 71.6 Å². The molecule has 0 bridgehead atoms. The average molecular weight is 454 g/mol. The monoisotopic (exact) mass is 453 g/mol. The molecule has 0 aliphatic rings. The lowest BCUT2D eigenvalue weighted by atomic mass is 10.1. The van der Waals surface area contributed by atoms with Gasteiger partial charge in [-0.3, -0.25) is 4.31 Å². The van der Waals surface area contributed by atoms with Gasteiger partial charge in [-0.25, -0.2) is 12.8 Å². The second-order valence-electron chi connectivity index (χ2n) is 6.31. The Morgan fingerprint density at radius 1 is 1.00 bits per heavy atom. The minimum Gasteiger partial charge on any atom is -0.497 e. The molecule has 4 nitrogen and oxygen atoms in total. The smallest absolute Gasteiger partial charge is 0.264 e. The lowest BCUT2D eigenvalue weighted by molar-refractivity contribution is 0.414. The Kier molecular flexibility index (Phi) is 6.36. The number of halogens is 3. The Balaban J connectivity index is 2.18. The highest BCUT2D eigenvalue weighted by molar-refractivity contribution is 7.92. The number of rotatable bonds is 6. The Bertz CT molecular complexity index is 1140. The van der Waals surface area contributed by atoms with Gasteiger partial charge >= 0.3 is 0 Å². The van der Waals surface area contributed by atoms with Gasteiger partial charge in [-0.05, 0) is 61.0 Å². The second-order valence-corrected chi connectivity index (χ2v) is 8.97. The van der Waals surface area contributed by atoms with Crippen molar-refractivity contribution < 1.29 is 17.5 Å². The highest BCUT2D eigenvalue weighted by Crippen LogP contribution is 2.36. The zero-order valence-corrected chi connectivity index (χ0v) is 18.0. The minimum absolute atomic E-state index is 0.126. The molecule has 0 aromatic heterocycles. The number of nitrogens with zero attached hydrogens (tertiary/aromatic N) is 1. The van der Waals surface area contributed by atoms with E-state index in [2.05, 4.69) is 0 Å². The second kappa shape index (κ2) is 8.61. The number of methoxy groups -OCH3 is 1. The molecule has 1 unspecified atom stereocenters. The summed E-state index contributed by atoms with van der Waals surface area (Å²) in [6.45, 7) is 1.75. The summed E-state index contributed by atoms with van der Waals surface area (Å²) in [5.41, 5.74) is 1.08. The van der Waals surface area contributed by atoms with Crippen LogP contribution in [0.25, 0.3) is 0 Å². The molecule has 0 heterocycles. The van der Waals surface area contributed by atoms with E-state index in [0.29, 0.717) is 22.0 Å². The first-order chi connectivity index (χ1) is 13.7. The molecule has 29 heavy (non-hydrogen) atoms. The van der Waals surface area contributed by atoms with E-state index in [1.54, 1.807) is 55.5 Å². The maximum absolute atomic E-state index is 13.6. The maximum atomic E-state index is 13.6. The van der Waals surface area contributed by atoms with Crippen LogP contribution in [-0.2, 0) is 10.0 Å². The van der Waals surface area contributed by atoms with Crippen molar-refractivity contribution in [1.29, 1.82) is 0 Å². The van der Waals surface area contributed by atoms with Crippen molar-refractivity contribution in [3.05, 3.63) is 88.2 Å². The van der Waals surface area contributed by atoms with Crippen LogP contribution in [0.1, 0.15) is 18.5 Å². The topological polar surface area (TPSA) is 46.6 Å². The first-order valence-corrected chi connectivity index (χ1v) is 10.8. The van der Waals surface area contributed by atoms with Gasteiger partial charge < -0.3 is 4.74 Å². The summed E-state index contributed by atoms with van der Waals surface area (Å²) in [7, 11) is -2.56. The summed E-state index contributed by atoms with van der Waals surface area (Å²) >= 11 is 12.0. The molecule has 0 spiro atoms. The van der Waals surface area contributed by atoms with Crippen molar-refractivity contribution in [1.82, 2.24) is 0 Å². The van der Waals surface area contributed by atoms with Gasteiger partial charge in [0.05, 0.1) is 28.8 Å². The third-order valence-corrected chi connectivity index (χ3v) is 6.86. The van der Waals surface area contributed by atoms with Crippen molar-refractivity contribution >= 4 is 38.9 Å². The van der Waals surface area contributed by atoms with Gasteiger partial charge in [0.1, 0.15) is 11.6 Å². The Labute approximate surface area is 179 Å². The van der Waals surface area contributed by atoms with E-state index in [1.165, 1.54) is 17.5 Å². The standard InChI is InChI=1S/C21H18Cl2FNO3S/c1-14(15-5-3-8-18(11-15)28-2)25(17-7-4-6-16(22)12-17)29(26,27)19-9-10-21(24)20(23)13-19/h3-14H,1-2H3. The molecule has 3 aromatic rings. The Morgan fingerprint density at radius 2 is 1.72 bits per heavy atom. The molecule has 0 saturated carbocycles. The molecule has 0 saturated heterocycles. The van der Waals surface area contributed by atoms with Crippen molar-refractivity contribution in [3.8, 4) is 5.75 Å². The lowest BCUT2D eigenvalue weighted by Crippen LogP contribution is -2.33. The van der Waals surface area contributed by atoms with Gasteiger partial charge in [0.15, 0.2) is 0 Å². The Morgan fingerprint density at radius 3 is 2.38 bits per heavy atom. The summed E-state index contributed by atoms with van der Waals surface area (Å²) in [6, 6.07) is 16.3. The van der Waals surface area contributed by atoms with Crippen LogP contribution in [0, 0.1) is 5.82 Å². The molecule has 3 aromatic carbocycles. The summed E-state index contributed by atoms with van der Waals surface area (Å²) in [6.07, 6.45) is 0. The molecule has 0 amide bonds. The SMILES string of the molecule is COc1cccc(C(C)N(c2cccc(Cl)c2)S(=O)(=O)c2ccc(F)c(Cl)c2)c1. The fourth-order valence-electron chi connectivity index (χ4n) is 2.97. The summed E-state index contributed by atoms with van der Waals surface area (Å²) in [4.78, 5) is -0.126. The molecule has 0 N–H and O–H groups in total. The van der Waals surface area contributed by atoms with Gasteiger partial charge in [-0.2, -0.15) is 0 Å². The molecule has 1 atom stereocenters. The van der Waals surface area contributed by atoms with E-state index in [0.717, 1.165) is 12.1 Å². The molecule has 0 radical (unpaired) electrons. The maximum Gasteiger partial charge on any atom is 0.264 e. The number of sulfonamides is 1. The fourth-order valence-corrected chi connectivity index (χ4v) is 5.06. The van der Waals surface area contributed by atoms with Crippen LogP contribution in [0.4, 0.5) is 10.1 Å². The minimum atomic E-state index is -4.09.